The van der Waals surface area contributed by atoms with E-state index in [2.05, 4.69) is 11.3 Å². The molecule has 0 saturated carbocycles. The number of carbonyl (C=O) groups is 3. The van der Waals surface area contributed by atoms with Gasteiger partial charge in [0.15, 0.2) is 11.5 Å². The minimum atomic E-state index is -0.676. The number of thioether (sulfide) groups is 1. The van der Waals surface area contributed by atoms with Gasteiger partial charge in [-0.05, 0) is 48.9 Å². The molecular weight excluding hydrogens is 358 g/mol. The zero-order valence-electron chi connectivity index (χ0n) is 14.5. The van der Waals surface area contributed by atoms with Crippen molar-refractivity contribution in [3.8, 4) is 11.5 Å². The summed E-state index contributed by atoms with van der Waals surface area (Å²) >= 11 is 0.739. The lowest BCUT2D eigenvalue weighted by atomic mass is 10.1. The summed E-state index contributed by atoms with van der Waals surface area (Å²) in [4.78, 5) is 36.7. The van der Waals surface area contributed by atoms with Gasteiger partial charge in [-0.15, -0.1) is 6.58 Å². The molecule has 0 aliphatic carbocycles. The van der Waals surface area contributed by atoms with Crippen molar-refractivity contribution in [2.45, 2.75) is 13.3 Å². The van der Waals surface area contributed by atoms with Crippen LogP contribution in [0, 0.1) is 0 Å². The van der Waals surface area contributed by atoms with E-state index < -0.39 is 23.7 Å². The summed E-state index contributed by atoms with van der Waals surface area (Å²) in [6.07, 6.45) is 3.58. The zero-order valence-corrected chi connectivity index (χ0v) is 15.3. The van der Waals surface area contributed by atoms with Gasteiger partial charge in [-0.1, -0.05) is 6.08 Å². The van der Waals surface area contributed by atoms with Crippen LogP contribution in [-0.2, 0) is 20.7 Å². The van der Waals surface area contributed by atoms with Crippen molar-refractivity contribution in [3.63, 3.8) is 0 Å². The van der Waals surface area contributed by atoms with E-state index in [1.54, 1.807) is 25.1 Å². The molecule has 26 heavy (non-hydrogen) atoms. The first kappa shape index (κ1) is 19.6. The molecule has 1 saturated heterocycles. The number of ether oxygens (including phenoxy) is 2. The third-order valence-electron chi connectivity index (χ3n) is 3.53. The highest BCUT2D eigenvalue weighted by Crippen LogP contribution is 2.36. The molecule has 0 atom stereocenters. The van der Waals surface area contributed by atoms with Crippen molar-refractivity contribution < 1.29 is 29.0 Å². The van der Waals surface area contributed by atoms with Gasteiger partial charge in [0.25, 0.3) is 11.1 Å². The highest BCUT2D eigenvalue weighted by Gasteiger charge is 2.36. The molecule has 7 nitrogen and oxygen atoms in total. The molecular formula is C18H19NO6S. The second kappa shape index (κ2) is 8.57. The van der Waals surface area contributed by atoms with Crippen LogP contribution in [0.4, 0.5) is 4.79 Å². The van der Waals surface area contributed by atoms with Crippen molar-refractivity contribution in [1.82, 2.24) is 4.90 Å². The highest BCUT2D eigenvalue weighted by atomic mass is 32.2. The van der Waals surface area contributed by atoms with Gasteiger partial charge in [0, 0.05) is 5.56 Å². The first-order valence-corrected chi connectivity index (χ1v) is 8.64. The molecule has 1 aliphatic heterocycles. The summed E-state index contributed by atoms with van der Waals surface area (Å²) in [6, 6.07) is 3.27. The summed E-state index contributed by atoms with van der Waals surface area (Å²) in [7, 11) is 1.18. The molecule has 0 bridgehead atoms. The van der Waals surface area contributed by atoms with Crippen LogP contribution in [0.3, 0.4) is 0 Å². The summed E-state index contributed by atoms with van der Waals surface area (Å²) < 4.78 is 9.91. The normalized spacial score (nSPS) is 15.5. The molecule has 1 fully saturated rings. The predicted octanol–water partition coefficient (Wildman–Crippen LogP) is 2.73. The molecule has 138 valence electrons. The maximum atomic E-state index is 12.4. The summed E-state index contributed by atoms with van der Waals surface area (Å²) in [5, 5.41) is 9.68. The topological polar surface area (TPSA) is 93.1 Å². The van der Waals surface area contributed by atoms with Gasteiger partial charge in [-0.25, -0.2) is 0 Å². The monoisotopic (exact) mass is 377 g/mol. The van der Waals surface area contributed by atoms with E-state index in [1.807, 2.05) is 0 Å². The van der Waals surface area contributed by atoms with Crippen molar-refractivity contribution in [1.29, 1.82) is 0 Å². The number of methoxy groups -OCH3 is 1. The van der Waals surface area contributed by atoms with Crippen LogP contribution in [0.1, 0.15) is 18.1 Å². The number of hydrogen-bond donors (Lipinski definition) is 1. The van der Waals surface area contributed by atoms with E-state index in [0.29, 0.717) is 24.2 Å². The van der Waals surface area contributed by atoms with Crippen molar-refractivity contribution in [2.75, 3.05) is 20.3 Å². The zero-order chi connectivity index (χ0) is 19.3. The summed E-state index contributed by atoms with van der Waals surface area (Å²) in [6.45, 7) is 5.37. The number of phenolic OH excluding ortho intramolecular Hbond substituents is 1. The molecule has 0 unspecified atom stereocenters. The van der Waals surface area contributed by atoms with Gasteiger partial charge in [-0.2, -0.15) is 0 Å². The Bertz CT molecular complexity index is 786. The number of hydrogen-bond acceptors (Lipinski definition) is 7. The lowest BCUT2D eigenvalue weighted by molar-refractivity contribution is -0.143. The first-order valence-electron chi connectivity index (χ1n) is 7.83. The minimum absolute atomic E-state index is 0.0164. The van der Waals surface area contributed by atoms with Crippen LogP contribution in [0.5, 0.6) is 11.5 Å². The van der Waals surface area contributed by atoms with E-state index >= 15 is 0 Å². The number of imide groups is 1. The third kappa shape index (κ3) is 4.26. The van der Waals surface area contributed by atoms with E-state index in [1.165, 1.54) is 13.2 Å². The van der Waals surface area contributed by atoms with Gasteiger partial charge < -0.3 is 14.6 Å². The molecule has 1 heterocycles. The Hall–Kier alpha value is -2.74. The number of carbonyl (C=O) groups excluding carboxylic acids is 3. The largest absolute Gasteiger partial charge is 0.504 e. The average molecular weight is 377 g/mol. The highest BCUT2D eigenvalue weighted by molar-refractivity contribution is 8.18. The minimum Gasteiger partial charge on any atom is -0.504 e. The predicted molar refractivity (Wildman–Crippen MR) is 97.9 cm³/mol. The van der Waals surface area contributed by atoms with Crippen LogP contribution in [0.15, 0.2) is 29.7 Å². The standard InChI is InChI=1S/C18H19NO6S/c1-4-6-12-7-11(8-13(16(12)21)25-5-2)9-14-17(22)19(18(23)26-14)10-15(20)24-3/h4,7-9,21H,1,5-6,10H2,2-3H3/b14-9-. The van der Waals surface area contributed by atoms with Gasteiger partial charge in [-0.3, -0.25) is 19.3 Å². The van der Waals surface area contributed by atoms with Crippen LogP contribution < -0.4 is 4.74 Å². The molecule has 2 amide bonds. The SMILES string of the molecule is C=CCc1cc(/C=C2\SC(=O)N(CC(=O)OC)C2=O)cc(OCC)c1O. The van der Waals surface area contributed by atoms with Crippen molar-refractivity contribution in [2.24, 2.45) is 0 Å². The fourth-order valence-corrected chi connectivity index (χ4v) is 3.17. The Labute approximate surface area is 155 Å². The second-order valence-corrected chi connectivity index (χ2v) is 6.29. The average Bonchev–Trinajstić information content (AvgIpc) is 2.86. The number of allylic oxidation sites excluding steroid dienone is 1. The number of esters is 1. The number of benzene rings is 1. The van der Waals surface area contributed by atoms with E-state index in [9.17, 15) is 19.5 Å². The smallest absolute Gasteiger partial charge is 0.325 e. The van der Waals surface area contributed by atoms with E-state index in [4.69, 9.17) is 4.74 Å². The molecule has 1 aromatic rings. The van der Waals surface area contributed by atoms with Crippen LogP contribution in [0.2, 0.25) is 0 Å². The Balaban J connectivity index is 2.36. The number of amides is 2. The quantitative estimate of drug-likeness (QED) is 0.444. The molecule has 1 aromatic carbocycles. The molecule has 0 spiro atoms. The number of rotatable bonds is 7. The third-order valence-corrected chi connectivity index (χ3v) is 4.43. The lowest BCUT2D eigenvalue weighted by Gasteiger charge is -2.11. The molecule has 2 rings (SSSR count). The maximum absolute atomic E-state index is 12.4. The number of aromatic hydroxyl groups is 1. The Kier molecular flexibility index (Phi) is 6.46. The Morgan fingerprint density at radius 3 is 2.73 bits per heavy atom. The Morgan fingerprint density at radius 1 is 1.38 bits per heavy atom. The van der Waals surface area contributed by atoms with E-state index in [-0.39, 0.29) is 16.4 Å². The number of phenols is 1. The van der Waals surface area contributed by atoms with Crippen LogP contribution in [0.25, 0.3) is 6.08 Å². The molecule has 8 heteroatoms. The Morgan fingerprint density at radius 2 is 2.12 bits per heavy atom. The van der Waals surface area contributed by atoms with Gasteiger partial charge in [0.1, 0.15) is 6.54 Å². The molecule has 1 N–H and O–H groups in total. The van der Waals surface area contributed by atoms with Crippen LogP contribution in [-0.4, -0.2) is 47.4 Å². The number of nitrogens with zero attached hydrogens (tertiary/aromatic N) is 1. The molecule has 0 radical (unpaired) electrons. The fraction of sp³-hybridized carbons (Fsp3) is 0.278. The summed E-state index contributed by atoms with van der Waals surface area (Å²) in [5.74, 6) is -0.943. The molecule has 0 aromatic heterocycles. The molecule has 1 aliphatic rings. The maximum Gasteiger partial charge on any atom is 0.325 e. The first-order chi connectivity index (χ1) is 12.4. The lowest BCUT2D eigenvalue weighted by Crippen LogP contribution is -2.34. The second-order valence-electron chi connectivity index (χ2n) is 5.30. The van der Waals surface area contributed by atoms with Gasteiger partial charge in [0.2, 0.25) is 0 Å². The van der Waals surface area contributed by atoms with E-state index in [0.717, 1.165) is 16.7 Å². The van der Waals surface area contributed by atoms with Gasteiger partial charge in [0.05, 0.1) is 18.6 Å². The summed E-state index contributed by atoms with van der Waals surface area (Å²) in [5.41, 5.74) is 1.18. The van der Waals surface area contributed by atoms with Gasteiger partial charge >= 0.3 is 5.97 Å². The van der Waals surface area contributed by atoms with Crippen molar-refractivity contribution >= 4 is 35.0 Å². The van der Waals surface area contributed by atoms with Crippen LogP contribution >= 0.6 is 11.8 Å². The fourth-order valence-electron chi connectivity index (χ4n) is 2.33. The van der Waals surface area contributed by atoms with Crippen molar-refractivity contribution in [3.05, 3.63) is 40.8 Å².